The molecule has 3 heterocycles. The van der Waals surface area contributed by atoms with Crippen LogP contribution < -0.4 is 0 Å². The summed E-state index contributed by atoms with van der Waals surface area (Å²) in [6.45, 7) is 0. The Labute approximate surface area is 296 Å². The van der Waals surface area contributed by atoms with Crippen molar-refractivity contribution < 1.29 is 0 Å². The fourth-order valence-electron chi connectivity index (χ4n) is 7.02. The third-order valence-corrected chi connectivity index (χ3v) is 11.7. The molecule has 0 fully saturated rings. The maximum Gasteiger partial charge on any atom is 0.164 e. The molecule has 0 amide bonds. The summed E-state index contributed by atoms with van der Waals surface area (Å²) in [5, 5.41) is 5.02. The van der Waals surface area contributed by atoms with Crippen molar-refractivity contribution in [3.63, 3.8) is 0 Å². The fraction of sp³-hybridized carbons (Fsp3) is 0. The zero-order valence-electron chi connectivity index (χ0n) is 26.7. The molecule has 3 nitrogen and oxygen atoms in total. The average molecular weight is 674 g/mol. The van der Waals surface area contributed by atoms with Gasteiger partial charge in [-0.25, -0.2) is 15.0 Å². The van der Waals surface area contributed by atoms with E-state index >= 15 is 0 Å². The minimum Gasteiger partial charge on any atom is -0.208 e. The van der Waals surface area contributed by atoms with E-state index in [1.54, 1.807) is 0 Å². The molecular formula is C45H27N3S2. The Morgan fingerprint density at radius 1 is 0.320 bits per heavy atom. The molecule has 0 radical (unpaired) electrons. The molecule has 0 unspecified atom stereocenters. The number of thiophene rings is 2. The van der Waals surface area contributed by atoms with Crippen molar-refractivity contribution in [2.24, 2.45) is 0 Å². The standard InChI is InChI=1S/C45H27N3S2/c1-4-13-28(14-5-1)32-25-26-33(42-41(32)34-19-10-11-21-37(34)50-42)31-23-24-35-39(27-31)49-38-22-12-20-36(40(35)38)45-47-43(29-15-6-2-7-16-29)46-44(48-45)30-17-8-3-9-18-30/h1-27H. The van der Waals surface area contributed by atoms with Crippen molar-refractivity contribution in [1.82, 2.24) is 15.0 Å². The van der Waals surface area contributed by atoms with Crippen molar-refractivity contribution in [2.45, 2.75) is 0 Å². The van der Waals surface area contributed by atoms with Crippen LogP contribution in [0.5, 0.6) is 0 Å². The normalized spacial score (nSPS) is 11.6. The number of aromatic nitrogens is 3. The lowest BCUT2D eigenvalue weighted by Gasteiger charge is -2.10. The molecule has 3 aromatic heterocycles. The van der Waals surface area contributed by atoms with Gasteiger partial charge in [0.2, 0.25) is 0 Å². The molecule has 0 saturated carbocycles. The number of benzene rings is 7. The van der Waals surface area contributed by atoms with Gasteiger partial charge >= 0.3 is 0 Å². The largest absolute Gasteiger partial charge is 0.208 e. The predicted octanol–water partition coefficient (Wildman–Crippen LogP) is 12.9. The maximum absolute atomic E-state index is 5.07. The van der Waals surface area contributed by atoms with Crippen LogP contribution in [0.1, 0.15) is 0 Å². The minimum absolute atomic E-state index is 0.666. The minimum atomic E-state index is 0.666. The number of fused-ring (bicyclic) bond motifs is 6. The Balaban J connectivity index is 1.16. The topological polar surface area (TPSA) is 38.7 Å². The zero-order chi connectivity index (χ0) is 33.0. The van der Waals surface area contributed by atoms with Gasteiger partial charge < -0.3 is 0 Å². The van der Waals surface area contributed by atoms with Crippen LogP contribution in [0.15, 0.2) is 164 Å². The summed E-state index contributed by atoms with van der Waals surface area (Å²) in [5.74, 6) is 2.01. The average Bonchev–Trinajstić information content (AvgIpc) is 3.77. The van der Waals surface area contributed by atoms with E-state index in [1.165, 1.54) is 62.6 Å². The second kappa shape index (κ2) is 11.8. The first-order valence-electron chi connectivity index (χ1n) is 16.6. The molecule has 0 atom stereocenters. The van der Waals surface area contributed by atoms with Gasteiger partial charge in [0.05, 0.1) is 0 Å². The summed E-state index contributed by atoms with van der Waals surface area (Å²) in [4.78, 5) is 15.1. The molecule has 0 N–H and O–H groups in total. The molecule has 0 aliphatic carbocycles. The van der Waals surface area contributed by atoms with E-state index in [4.69, 9.17) is 15.0 Å². The highest BCUT2D eigenvalue weighted by atomic mass is 32.1. The van der Waals surface area contributed by atoms with E-state index in [9.17, 15) is 0 Å². The Kier molecular flexibility index (Phi) is 6.86. The molecule has 0 bridgehead atoms. The predicted molar refractivity (Wildman–Crippen MR) is 213 cm³/mol. The molecule has 0 spiro atoms. The van der Waals surface area contributed by atoms with Gasteiger partial charge in [0.15, 0.2) is 17.5 Å². The third kappa shape index (κ3) is 4.82. The van der Waals surface area contributed by atoms with Crippen molar-refractivity contribution >= 4 is 63.0 Å². The van der Waals surface area contributed by atoms with Crippen LogP contribution in [-0.4, -0.2) is 15.0 Å². The van der Waals surface area contributed by atoms with E-state index in [1.807, 2.05) is 59.1 Å². The number of rotatable bonds is 5. The molecule has 0 aliphatic heterocycles. The van der Waals surface area contributed by atoms with Crippen LogP contribution in [0.25, 0.3) is 96.8 Å². The third-order valence-electron chi connectivity index (χ3n) is 9.36. The number of hydrogen-bond donors (Lipinski definition) is 0. The van der Waals surface area contributed by atoms with Gasteiger partial charge in [-0.2, -0.15) is 0 Å². The highest BCUT2D eigenvalue weighted by molar-refractivity contribution is 7.26. The van der Waals surface area contributed by atoms with Crippen LogP contribution in [0.4, 0.5) is 0 Å². The summed E-state index contributed by atoms with van der Waals surface area (Å²) in [5.41, 5.74) is 7.94. The van der Waals surface area contributed by atoms with Gasteiger partial charge in [0.25, 0.3) is 0 Å². The molecule has 0 aliphatic rings. The quantitative estimate of drug-likeness (QED) is 0.182. The Hall–Kier alpha value is -6.01. The number of hydrogen-bond acceptors (Lipinski definition) is 5. The van der Waals surface area contributed by atoms with Gasteiger partial charge in [-0.3, -0.25) is 0 Å². The lowest BCUT2D eigenvalue weighted by Crippen LogP contribution is -2.00. The summed E-state index contributed by atoms with van der Waals surface area (Å²) in [6.07, 6.45) is 0. The number of nitrogens with zero attached hydrogens (tertiary/aromatic N) is 3. The van der Waals surface area contributed by atoms with Crippen LogP contribution in [0.3, 0.4) is 0 Å². The fourth-order valence-corrected chi connectivity index (χ4v) is 9.46. The van der Waals surface area contributed by atoms with Crippen LogP contribution in [-0.2, 0) is 0 Å². The van der Waals surface area contributed by atoms with Crippen molar-refractivity contribution in [1.29, 1.82) is 0 Å². The van der Waals surface area contributed by atoms with Crippen LogP contribution in [0.2, 0.25) is 0 Å². The van der Waals surface area contributed by atoms with Gasteiger partial charge in [-0.1, -0.05) is 146 Å². The molecule has 10 aromatic rings. The lowest BCUT2D eigenvalue weighted by atomic mass is 9.94. The summed E-state index contributed by atoms with van der Waals surface area (Å²) >= 11 is 3.71. The first-order valence-corrected chi connectivity index (χ1v) is 18.2. The molecule has 234 valence electrons. The van der Waals surface area contributed by atoms with Gasteiger partial charge in [-0.15, -0.1) is 22.7 Å². The molecule has 5 heteroatoms. The van der Waals surface area contributed by atoms with Gasteiger partial charge in [0.1, 0.15) is 0 Å². The highest BCUT2D eigenvalue weighted by Gasteiger charge is 2.19. The summed E-state index contributed by atoms with van der Waals surface area (Å²) in [7, 11) is 0. The van der Waals surface area contributed by atoms with Crippen LogP contribution in [0, 0.1) is 0 Å². The molecule has 0 saturated heterocycles. The summed E-state index contributed by atoms with van der Waals surface area (Å²) in [6, 6.07) is 57.8. The Bertz CT molecular complexity index is 2800. The van der Waals surface area contributed by atoms with E-state index in [-0.39, 0.29) is 0 Å². The van der Waals surface area contributed by atoms with Crippen molar-refractivity contribution in [2.75, 3.05) is 0 Å². The Morgan fingerprint density at radius 2 is 0.900 bits per heavy atom. The second-order valence-corrected chi connectivity index (χ2v) is 14.5. The molecule has 7 aromatic carbocycles. The molecule has 10 rings (SSSR count). The van der Waals surface area contributed by atoms with Crippen molar-refractivity contribution in [3.05, 3.63) is 164 Å². The monoisotopic (exact) mass is 673 g/mol. The first-order chi connectivity index (χ1) is 24.8. The second-order valence-electron chi connectivity index (χ2n) is 12.4. The highest BCUT2D eigenvalue weighted by Crippen LogP contribution is 2.46. The first kappa shape index (κ1) is 29.0. The van der Waals surface area contributed by atoms with Crippen LogP contribution >= 0.6 is 22.7 Å². The SMILES string of the molecule is c1ccc(-c2nc(-c3ccccc3)nc(-c3cccc4sc5cc(-c6ccc(-c7ccccc7)c7c6sc6ccccc67)ccc5c34)n2)cc1. The van der Waals surface area contributed by atoms with Gasteiger partial charge in [0, 0.05) is 57.0 Å². The maximum atomic E-state index is 5.07. The van der Waals surface area contributed by atoms with E-state index in [2.05, 4.69) is 127 Å². The molecule has 50 heavy (non-hydrogen) atoms. The smallest absolute Gasteiger partial charge is 0.164 e. The van der Waals surface area contributed by atoms with E-state index in [0.29, 0.717) is 17.5 Å². The van der Waals surface area contributed by atoms with E-state index < -0.39 is 0 Å². The van der Waals surface area contributed by atoms with Gasteiger partial charge in [-0.05, 0) is 40.5 Å². The van der Waals surface area contributed by atoms with Crippen molar-refractivity contribution in [3.8, 4) is 56.4 Å². The lowest BCUT2D eigenvalue weighted by molar-refractivity contribution is 1.08. The Morgan fingerprint density at radius 3 is 1.62 bits per heavy atom. The zero-order valence-corrected chi connectivity index (χ0v) is 28.4. The van der Waals surface area contributed by atoms with E-state index in [0.717, 1.165) is 16.7 Å². The summed E-state index contributed by atoms with van der Waals surface area (Å²) < 4.78 is 5.08. The molecular weight excluding hydrogens is 647 g/mol.